The molecule has 3 nitrogen and oxygen atoms in total. The second kappa shape index (κ2) is 5.03. The van der Waals surface area contributed by atoms with Crippen LogP contribution in [0, 0.1) is 23.5 Å². The number of nitrogens with zero attached hydrogens (tertiary/aromatic N) is 1. The third kappa shape index (κ3) is 1.98. The highest BCUT2D eigenvalue weighted by Crippen LogP contribution is 2.57. The van der Waals surface area contributed by atoms with Gasteiger partial charge in [0.05, 0.1) is 12.1 Å². The molecule has 4 aliphatic rings. The van der Waals surface area contributed by atoms with Crippen LogP contribution in [-0.4, -0.2) is 35.1 Å². The predicted molar refractivity (Wildman–Crippen MR) is 86.4 cm³/mol. The average molecular weight is 339 g/mol. The molecular formula is C20H15F2NO2. The number of hydrogen-bond donors (Lipinski definition) is 0. The number of piperidine rings is 1. The van der Waals surface area contributed by atoms with Crippen molar-refractivity contribution < 1.29 is 18.3 Å². The van der Waals surface area contributed by atoms with Gasteiger partial charge >= 0.3 is 5.97 Å². The monoisotopic (exact) mass is 339 g/mol. The fourth-order valence-corrected chi connectivity index (χ4v) is 4.69. The van der Waals surface area contributed by atoms with E-state index in [1.807, 2.05) is 6.08 Å². The van der Waals surface area contributed by atoms with Crippen molar-refractivity contribution in [2.24, 2.45) is 0 Å². The molecule has 0 bridgehead atoms. The first kappa shape index (κ1) is 14.9. The normalized spacial score (nSPS) is 32.3. The van der Waals surface area contributed by atoms with Gasteiger partial charge in [0.25, 0.3) is 0 Å². The summed E-state index contributed by atoms with van der Waals surface area (Å²) in [5, 5.41) is 0. The summed E-state index contributed by atoms with van der Waals surface area (Å²) in [6.07, 6.45) is 6.84. The lowest BCUT2D eigenvalue weighted by Crippen LogP contribution is -2.76. The maximum atomic E-state index is 13.3. The first-order valence-corrected chi connectivity index (χ1v) is 8.49. The lowest BCUT2D eigenvalue weighted by molar-refractivity contribution is -0.194. The van der Waals surface area contributed by atoms with E-state index in [0.29, 0.717) is 0 Å². The van der Waals surface area contributed by atoms with Crippen LogP contribution in [0.5, 0.6) is 0 Å². The van der Waals surface area contributed by atoms with Crippen molar-refractivity contribution in [1.82, 2.24) is 4.90 Å². The number of halogens is 2. The van der Waals surface area contributed by atoms with Crippen molar-refractivity contribution in [2.45, 2.75) is 36.9 Å². The first-order valence-electron chi connectivity index (χ1n) is 8.49. The van der Waals surface area contributed by atoms with Gasteiger partial charge in [-0.05, 0) is 37.6 Å². The number of carbonyl (C=O) groups is 1. The quantitative estimate of drug-likeness (QED) is 0.538. The van der Waals surface area contributed by atoms with Crippen LogP contribution in [0.3, 0.4) is 0 Å². The molecule has 0 saturated carbocycles. The summed E-state index contributed by atoms with van der Waals surface area (Å²) in [7, 11) is 0. The molecule has 1 aromatic rings. The molecule has 5 heteroatoms. The first-order chi connectivity index (χ1) is 12.1. The van der Waals surface area contributed by atoms with Crippen molar-refractivity contribution in [3.8, 4) is 11.8 Å². The molecule has 1 aromatic carbocycles. The lowest BCUT2D eigenvalue weighted by atomic mass is 9.70. The minimum Gasteiger partial charge on any atom is -0.447 e. The molecule has 0 aromatic heterocycles. The fourth-order valence-electron chi connectivity index (χ4n) is 4.69. The van der Waals surface area contributed by atoms with Crippen molar-refractivity contribution in [1.29, 1.82) is 0 Å². The summed E-state index contributed by atoms with van der Waals surface area (Å²) in [6.45, 7) is 0.994. The van der Waals surface area contributed by atoms with Crippen LogP contribution in [0.15, 0.2) is 41.5 Å². The van der Waals surface area contributed by atoms with E-state index in [1.54, 1.807) is 0 Å². The topological polar surface area (TPSA) is 29.5 Å². The van der Waals surface area contributed by atoms with Crippen molar-refractivity contribution in [3.63, 3.8) is 0 Å². The second-order valence-electron chi connectivity index (χ2n) is 6.95. The van der Waals surface area contributed by atoms with Gasteiger partial charge in [0, 0.05) is 28.9 Å². The number of carbonyl (C=O) groups excluding carboxylic acids is 1. The molecule has 1 spiro atoms. The number of fused-ring (bicyclic) bond motifs is 2. The highest BCUT2D eigenvalue weighted by atomic mass is 19.1. The number of rotatable bonds is 0. The Morgan fingerprint density at radius 1 is 1.16 bits per heavy atom. The van der Waals surface area contributed by atoms with E-state index in [-0.39, 0.29) is 23.6 Å². The smallest absolute Gasteiger partial charge is 0.332 e. The molecule has 126 valence electrons. The van der Waals surface area contributed by atoms with Gasteiger partial charge in [-0.25, -0.2) is 13.6 Å². The average Bonchev–Trinajstić information content (AvgIpc) is 3.04. The predicted octanol–water partition coefficient (Wildman–Crippen LogP) is 2.72. The molecular weight excluding hydrogens is 324 g/mol. The highest BCUT2D eigenvalue weighted by molar-refractivity contribution is 5.91. The Morgan fingerprint density at radius 3 is 2.76 bits per heavy atom. The van der Waals surface area contributed by atoms with Gasteiger partial charge in [0.15, 0.2) is 5.60 Å². The second-order valence-corrected chi connectivity index (χ2v) is 6.95. The number of benzene rings is 1. The molecule has 0 amide bonds. The molecule has 3 atom stereocenters. The summed E-state index contributed by atoms with van der Waals surface area (Å²) in [5.74, 6) is 4.18. The third-order valence-corrected chi connectivity index (χ3v) is 5.61. The Balaban J connectivity index is 1.53. The molecule has 25 heavy (non-hydrogen) atoms. The van der Waals surface area contributed by atoms with Gasteiger partial charge in [0.1, 0.15) is 11.6 Å². The molecule has 2 fully saturated rings. The van der Waals surface area contributed by atoms with E-state index < -0.39 is 17.2 Å². The van der Waals surface area contributed by atoms with Crippen molar-refractivity contribution in [2.75, 3.05) is 6.54 Å². The van der Waals surface area contributed by atoms with Gasteiger partial charge in [-0.2, -0.15) is 0 Å². The minimum atomic E-state index is -0.656. The number of esters is 1. The summed E-state index contributed by atoms with van der Waals surface area (Å²) >= 11 is 0. The van der Waals surface area contributed by atoms with Crippen molar-refractivity contribution >= 4 is 5.97 Å². The molecule has 5 rings (SSSR count). The SMILES string of the molecule is O=C1C=C2C(C#Cc3cc(F)cc(F)c3)=C[C@H]3N4CCCC[C@@H]4C23O1. The van der Waals surface area contributed by atoms with E-state index in [4.69, 9.17) is 4.74 Å². The molecule has 0 radical (unpaired) electrons. The summed E-state index contributed by atoms with van der Waals surface area (Å²) in [5.41, 5.74) is 1.24. The standard InChI is InChI=1S/C20H15F2NO2/c21-14-7-12(8-15(22)10-14)4-5-13-9-18-20(16(13)11-19(24)25-20)17-3-1-2-6-23(17)18/h7-11,17-18H,1-3,6H2/t17-,18-,20?/m1/s1. The zero-order valence-corrected chi connectivity index (χ0v) is 13.4. The fraction of sp³-hybridized carbons (Fsp3) is 0.350. The third-order valence-electron chi connectivity index (χ3n) is 5.61. The van der Waals surface area contributed by atoms with Gasteiger partial charge in [-0.3, -0.25) is 4.90 Å². The maximum absolute atomic E-state index is 13.3. The van der Waals surface area contributed by atoms with E-state index in [0.717, 1.165) is 43.0 Å². The van der Waals surface area contributed by atoms with Crippen LogP contribution in [0.1, 0.15) is 24.8 Å². The lowest BCUT2D eigenvalue weighted by Gasteiger charge is -2.60. The summed E-state index contributed by atoms with van der Waals surface area (Å²) in [4.78, 5) is 14.3. The maximum Gasteiger partial charge on any atom is 0.332 e. The molecule has 2 saturated heterocycles. The van der Waals surface area contributed by atoms with E-state index in [1.165, 1.54) is 18.2 Å². The number of hydrogen-bond acceptors (Lipinski definition) is 3. The van der Waals surface area contributed by atoms with Crippen LogP contribution < -0.4 is 0 Å². The summed E-state index contributed by atoms with van der Waals surface area (Å²) in [6, 6.07) is 3.46. The Kier molecular flexibility index (Phi) is 2.99. The summed E-state index contributed by atoms with van der Waals surface area (Å²) < 4.78 is 32.4. The molecule has 1 unspecified atom stereocenters. The van der Waals surface area contributed by atoms with Gasteiger partial charge in [0.2, 0.25) is 0 Å². The highest BCUT2D eigenvalue weighted by Gasteiger charge is 2.69. The minimum absolute atomic E-state index is 0.0315. The zero-order valence-electron chi connectivity index (χ0n) is 13.4. The number of ether oxygens (including phenoxy) is 1. The Labute approximate surface area is 144 Å². The van der Waals surface area contributed by atoms with Crippen LogP contribution in [0.25, 0.3) is 0 Å². The largest absolute Gasteiger partial charge is 0.447 e. The van der Waals surface area contributed by atoms with Crippen LogP contribution in [0.2, 0.25) is 0 Å². The van der Waals surface area contributed by atoms with E-state index in [9.17, 15) is 13.6 Å². The van der Waals surface area contributed by atoms with Crippen LogP contribution in [-0.2, 0) is 9.53 Å². The Morgan fingerprint density at radius 2 is 1.96 bits per heavy atom. The van der Waals surface area contributed by atoms with E-state index >= 15 is 0 Å². The molecule has 1 aliphatic carbocycles. The molecule has 3 aliphatic heterocycles. The molecule has 0 N–H and O–H groups in total. The molecule has 3 heterocycles. The zero-order chi connectivity index (χ0) is 17.2. The van der Waals surface area contributed by atoms with E-state index in [2.05, 4.69) is 16.7 Å². The Hall–Kier alpha value is -2.45. The van der Waals surface area contributed by atoms with Gasteiger partial charge in [-0.15, -0.1) is 0 Å². The van der Waals surface area contributed by atoms with Gasteiger partial charge in [-0.1, -0.05) is 18.3 Å². The van der Waals surface area contributed by atoms with Gasteiger partial charge < -0.3 is 4.74 Å². The van der Waals surface area contributed by atoms with Crippen molar-refractivity contribution in [3.05, 3.63) is 58.7 Å². The Bertz CT molecular complexity index is 903. The van der Waals surface area contributed by atoms with Crippen LogP contribution in [0.4, 0.5) is 8.78 Å². The van der Waals surface area contributed by atoms with Crippen LogP contribution >= 0.6 is 0 Å².